The fourth-order valence-corrected chi connectivity index (χ4v) is 18.5. The number of anilines is 5. The quantitative estimate of drug-likeness (QED) is 0.0350. The number of carbonyl (C=O) groups is 1. The van der Waals surface area contributed by atoms with Crippen molar-refractivity contribution in [3.63, 3.8) is 0 Å². The molecule has 15 atom stereocenters. The van der Waals surface area contributed by atoms with E-state index in [-0.39, 0.29) is 114 Å². The predicted molar refractivity (Wildman–Crippen MR) is 449 cm³/mol. The molecule has 10 aromatic carbocycles. The molecule has 10 heterocycles. The van der Waals surface area contributed by atoms with Gasteiger partial charge >= 0.3 is 5.97 Å². The number of hydrogen-bond donors (Lipinski definition) is 5. The van der Waals surface area contributed by atoms with Gasteiger partial charge in [0.2, 0.25) is 0 Å². The number of nitriles is 1. The molecule has 0 bridgehead atoms. The fraction of sp³-hybridized carbons (Fsp3) is 0.361. The Balaban J connectivity index is 0.000000104. The van der Waals surface area contributed by atoms with Gasteiger partial charge in [-0.05, 0) is 131 Å². The number of nitro benzene ring substituents is 1. The third kappa shape index (κ3) is 17.2. The third-order valence-corrected chi connectivity index (χ3v) is 24.5. The Labute approximate surface area is 700 Å². The molecule has 0 amide bonds. The van der Waals surface area contributed by atoms with E-state index in [1.807, 2.05) is 54.6 Å². The van der Waals surface area contributed by atoms with Crippen LogP contribution in [0.4, 0.5) is 47.3 Å². The van der Waals surface area contributed by atoms with E-state index in [1.54, 1.807) is 30.3 Å². The van der Waals surface area contributed by atoms with Crippen LogP contribution in [0.5, 0.6) is 5.75 Å². The van der Waals surface area contributed by atoms with Crippen LogP contribution in [0.25, 0.3) is 0 Å². The molecule has 2 saturated carbocycles. The number of carbonyl (C=O) groups excluding carboxylic acids is 1. The van der Waals surface area contributed by atoms with E-state index in [2.05, 4.69) is 150 Å². The van der Waals surface area contributed by atoms with Gasteiger partial charge in [0.1, 0.15) is 91.0 Å². The van der Waals surface area contributed by atoms with Crippen LogP contribution in [-0.4, -0.2) is 101 Å². The molecule has 21 nitrogen and oxygen atoms in total. The monoisotopic (exact) mass is 1640 g/mol. The maximum Gasteiger partial charge on any atom is 0.308 e. The van der Waals surface area contributed by atoms with Crippen LogP contribution in [0.1, 0.15) is 203 Å². The molecule has 12 aliphatic rings. The summed E-state index contributed by atoms with van der Waals surface area (Å²) in [5.41, 5.74) is 19.8. The van der Waals surface area contributed by atoms with E-state index in [4.69, 9.17) is 57.4 Å². The van der Waals surface area contributed by atoms with Crippen LogP contribution in [0.3, 0.4) is 0 Å². The van der Waals surface area contributed by atoms with Crippen molar-refractivity contribution in [2.24, 2.45) is 0 Å². The van der Waals surface area contributed by atoms with E-state index in [9.17, 15) is 28.1 Å². The van der Waals surface area contributed by atoms with Gasteiger partial charge in [-0.15, -0.1) is 0 Å². The van der Waals surface area contributed by atoms with Crippen molar-refractivity contribution in [3.8, 4) is 11.8 Å². The molecule has 10 aliphatic heterocycles. The minimum Gasteiger partial charge on any atom is -0.427 e. The summed E-state index contributed by atoms with van der Waals surface area (Å²) >= 11 is 0. The molecular formula is C97H96F3N7O14. The molecule has 624 valence electrons. The summed E-state index contributed by atoms with van der Waals surface area (Å²) < 4.78 is 107. The van der Waals surface area contributed by atoms with Gasteiger partial charge in [-0.2, -0.15) is 5.26 Å². The van der Waals surface area contributed by atoms with Gasteiger partial charge in [0.25, 0.3) is 5.69 Å². The Morgan fingerprint density at radius 2 is 0.884 bits per heavy atom. The molecule has 121 heavy (non-hydrogen) atoms. The van der Waals surface area contributed by atoms with Crippen molar-refractivity contribution >= 4 is 40.1 Å². The number of nitrogens with one attached hydrogen (secondary N) is 5. The summed E-state index contributed by atoms with van der Waals surface area (Å²) in [5, 5.41) is 37.7. The van der Waals surface area contributed by atoms with Crippen molar-refractivity contribution in [2.75, 3.05) is 86.2 Å². The summed E-state index contributed by atoms with van der Waals surface area (Å²) in [6.07, 6.45) is 3.52. The van der Waals surface area contributed by atoms with Crippen LogP contribution in [0, 0.1) is 38.9 Å². The predicted octanol–water partition coefficient (Wildman–Crippen LogP) is 19.7. The molecular weight excluding hydrogens is 1540 g/mol. The minimum absolute atomic E-state index is 0.0198. The summed E-state index contributed by atoms with van der Waals surface area (Å²) in [6.45, 7) is 10.5. The number of benzene rings is 10. The van der Waals surface area contributed by atoms with Crippen molar-refractivity contribution in [1.82, 2.24) is 0 Å². The van der Waals surface area contributed by atoms with Crippen LogP contribution >= 0.6 is 0 Å². The molecule has 5 saturated heterocycles. The lowest BCUT2D eigenvalue weighted by Gasteiger charge is -2.43. The molecule has 7 fully saturated rings. The minimum atomic E-state index is -0.575. The molecule has 0 radical (unpaired) electrons. The van der Waals surface area contributed by atoms with Crippen LogP contribution < -0.4 is 31.3 Å². The first-order valence-electron chi connectivity index (χ1n) is 41.9. The zero-order chi connectivity index (χ0) is 82.8. The average Bonchev–Trinajstić information content (AvgIpc) is 1.79. The van der Waals surface area contributed by atoms with E-state index >= 15 is 0 Å². The van der Waals surface area contributed by atoms with E-state index < -0.39 is 17.7 Å². The number of ether oxygens (including phenoxy) is 11. The number of nitro groups is 1. The van der Waals surface area contributed by atoms with Gasteiger partial charge in [0.05, 0.1) is 100 Å². The first kappa shape index (κ1) is 81.0. The van der Waals surface area contributed by atoms with Crippen LogP contribution in [0.15, 0.2) is 218 Å². The highest BCUT2D eigenvalue weighted by Crippen LogP contribution is 2.55. The Morgan fingerprint density at radius 1 is 0.430 bits per heavy atom. The van der Waals surface area contributed by atoms with Crippen molar-refractivity contribution in [3.05, 3.63) is 324 Å². The van der Waals surface area contributed by atoms with Crippen molar-refractivity contribution in [1.29, 1.82) is 5.26 Å². The maximum atomic E-state index is 14.5. The molecule has 2 aliphatic carbocycles. The van der Waals surface area contributed by atoms with Crippen molar-refractivity contribution < 1.29 is 75.0 Å². The van der Waals surface area contributed by atoms with E-state index in [1.165, 1.54) is 95.9 Å². The number of non-ortho nitro benzene ring substituents is 1. The Kier molecular flexibility index (Phi) is 24.1. The third-order valence-electron chi connectivity index (χ3n) is 24.5. The van der Waals surface area contributed by atoms with Gasteiger partial charge in [0.15, 0.2) is 0 Å². The second-order valence-corrected chi connectivity index (χ2v) is 32.6. The SMILES string of the molecule is CC(=O)Oc1cccc(C2Nc3c(C4CC4)cccc3C3OCCOC23)c1.CC(C)c1ccc2c(c1)C1OCCOC1C(c1cccc([N+](=O)[O-])c1)N2.Fc1ccc(C2Nc3c(C4CC4)cccc3C3OCCOC23)c(F)c1.N#CCc1ccc2c(c1)C1OCOC1C(c1ccccc1F)N2.c1ccc(C2Nc3ccccc3C3OCCOC23)cc1. The first-order chi connectivity index (χ1) is 59.2. The number of para-hydroxylation sites is 3. The number of nitrogens with zero attached hydrogens (tertiary/aromatic N) is 2. The van der Waals surface area contributed by atoms with Gasteiger partial charge in [-0.3, -0.25) is 14.9 Å². The topological polar surface area (TPSA) is 246 Å². The van der Waals surface area contributed by atoms with Gasteiger partial charge in [-0.25, -0.2) is 13.2 Å². The number of halogens is 3. The zero-order valence-electron chi connectivity index (χ0n) is 67.3. The molecule has 0 spiro atoms. The molecule has 15 unspecified atom stereocenters. The Morgan fingerprint density at radius 3 is 1.49 bits per heavy atom. The lowest BCUT2D eigenvalue weighted by molar-refractivity contribution is -0.385. The van der Waals surface area contributed by atoms with Crippen molar-refractivity contribution in [2.45, 2.75) is 162 Å². The normalized spacial score (nSPS) is 26.4. The van der Waals surface area contributed by atoms with Gasteiger partial charge in [0, 0.05) is 92.5 Å². The number of rotatable bonds is 11. The number of esters is 1. The highest BCUT2D eigenvalue weighted by Gasteiger charge is 2.49. The highest BCUT2D eigenvalue weighted by atomic mass is 19.1. The lowest BCUT2D eigenvalue weighted by Crippen LogP contribution is -2.43. The van der Waals surface area contributed by atoms with Gasteiger partial charge in [-0.1, -0.05) is 166 Å². The molecule has 22 rings (SSSR count). The molecule has 5 N–H and O–H groups in total. The van der Waals surface area contributed by atoms with Crippen LogP contribution in [-0.2, 0) is 58.6 Å². The largest absolute Gasteiger partial charge is 0.427 e. The second kappa shape index (κ2) is 35.9. The summed E-state index contributed by atoms with van der Waals surface area (Å²) in [5.74, 6) is 0.466. The number of hydrogen-bond acceptors (Lipinski definition) is 20. The van der Waals surface area contributed by atoms with E-state index in [0.29, 0.717) is 93.9 Å². The molecule has 10 aromatic rings. The number of fused-ring (bicyclic) bond motifs is 15. The fourth-order valence-electron chi connectivity index (χ4n) is 18.5. The van der Waals surface area contributed by atoms with E-state index in [0.717, 1.165) is 62.2 Å². The summed E-state index contributed by atoms with van der Waals surface area (Å²) in [6, 6.07) is 69.8. The molecule has 0 aromatic heterocycles. The molecule has 24 heteroatoms. The second-order valence-electron chi connectivity index (χ2n) is 32.6. The Hall–Kier alpha value is -11.1. The summed E-state index contributed by atoms with van der Waals surface area (Å²) in [7, 11) is 0. The standard InChI is InChI=1S/C22H23NO4.C20H19F2NO2.C20H22N2O4.C18H15FN2O2.C17H17NO2/c1-13(24)27-16-5-2-4-15(12-16)19-22-21(25-10-11-26-22)18-7-3-6-17(14-8-9-14)20(18)23-19;21-12-6-7-14(16(22)10-12)18-20-19(24-8-9-25-20)15-3-1-2-13(11-4-5-11)17(15)23-18;1-12(2)13-6-7-17-16(11-13)19-20(26-9-8-25-19)18(21-17)14-4-3-5-15(10-14)22(23)24;19-14-4-2-1-3-12(14)16-18-17(22-10-23-18)13-9-11(7-8-20)5-6-15(13)21-16;1-2-6-12(7-3-1)15-17-16(19-10-11-20-17)13-8-4-5-9-14(13)18-15/h2-7,12,14,19,21-23H,8-11H2,1H3;1-3,6-7,10-11,18-20,23H,4-5,8-9H2;3-7,10-12,18-21H,8-9H2,1-2H3;1-6,9,16-18,21H,7,10H2;1-9,15-18H,10-11H2. The smallest absolute Gasteiger partial charge is 0.308 e. The van der Waals surface area contributed by atoms with Gasteiger partial charge < -0.3 is 78.7 Å². The highest BCUT2D eigenvalue weighted by molar-refractivity contribution is 5.70. The summed E-state index contributed by atoms with van der Waals surface area (Å²) in [4.78, 5) is 22.1. The average molecular weight is 1640 g/mol. The zero-order valence-corrected chi connectivity index (χ0v) is 67.3. The first-order valence-corrected chi connectivity index (χ1v) is 41.9. The Bertz CT molecular complexity index is 5460. The lowest BCUT2D eigenvalue weighted by atomic mass is 9.85. The van der Waals surface area contributed by atoms with Crippen LogP contribution in [0.2, 0.25) is 0 Å². The maximum absolute atomic E-state index is 14.5.